The number of hydrogen-bond donors (Lipinski definition) is 1. The molecule has 2 aromatic heterocycles. The van der Waals surface area contributed by atoms with Crippen LogP contribution in [0.5, 0.6) is 11.5 Å². The van der Waals surface area contributed by atoms with Crippen molar-refractivity contribution in [1.29, 1.82) is 0 Å². The number of rotatable bonds is 5. The maximum absolute atomic E-state index is 12.5. The molecule has 1 amide bonds. The smallest absolute Gasteiger partial charge is 0.420 e. The fourth-order valence-corrected chi connectivity index (χ4v) is 3.80. The lowest BCUT2D eigenvalue weighted by atomic mass is 10.3. The van der Waals surface area contributed by atoms with Crippen molar-refractivity contribution < 1.29 is 18.7 Å². The summed E-state index contributed by atoms with van der Waals surface area (Å²) in [6.45, 7) is -0.181. The average molecular weight is 385 g/mol. The summed E-state index contributed by atoms with van der Waals surface area (Å²) in [4.78, 5) is 28.9. The molecule has 4 rings (SSSR count). The first-order chi connectivity index (χ1) is 13.1. The van der Waals surface area contributed by atoms with E-state index in [9.17, 15) is 9.59 Å². The summed E-state index contributed by atoms with van der Waals surface area (Å²) in [5.74, 6) is 0.250. The molecule has 27 heavy (non-hydrogen) atoms. The van der Waals surface area contributed by atoms with Crippen LogP contribution in [-0.2, 0) is 11.3 Å². The number of hydrogen-bond acceptors (Lipinski definition) is 7. The van der Waals surface area contributed by atoms with Crippen molar-refractivity contribution in [3.8, 4) is 11.5 Å². The van der Waals surface area contributed by atoms with Crippen LogP contribution in [0.3, 0.4) is 0 Å². The number of nitrogens with zero attached hydrogens (tertiary/aromatic N) is 2. The number of fused-ring (bicyclic) bond motifs is 2. The summed E-state index contributed by atoms with van der Waals surface area (Å²) in [5, 5.41) is 3.11. The Labute approximate surface area is 156 Å². The van der Waals surface area contributed by atoms with E-state index in [0.29, 0.717) is 33.2 Å². The van der Waals surface area contributed by atoms with Gasteiger partial charge in [0.15, 0.2) is 10.7 Å². The van der Waals surface area contributed by atoms with Crippen molar-refractivity contribution >= 4 is 43.7 Å². The second kappa shape index (κ2) is 6.76. The lowest BCUT2D eigenvalue weighted by molar-refractivity contribution is -0.116. The topological polar surface area (TPSA) is 95.6 Å². The van der Waals surface area contributed by atoms with Gasteiger partial charge < -0.3 is 19.2 Å². The molecule has 0 bridgehead atoms. The molecular weight excluding hydrogens is 370 g/mol. The molecule has 0 radical (unpaired) electrons. The Morgan fingerprint density at radius 3 is 2.70 bits per heavy atom. The monoisotopic (exact) mass is 385 g/mol. The van der Waals surface area contributed by atoms with E-state index >= 15 is 0 Å². The number of carbonyl (C=O) groups excluding carboxylic acids is 1. The van der Waals surface area contributed by atoms with Gasteiger partial charge in [0.1, 0.15) is 28.3 Å². The highest BCUT2D eigenvalue weighted by Gasteiger charge is 2.17. The molecule has 2 aromatic carbocycles. The summed E-state index contributed by atoms with van der Waals surface area (Å²) >= 11 is 1.27. The summed E-state index contributed by atoms with van der Waals surface area (Å²) in [5.41, 5.74) is 1.60. The molecular formula is C18H15N3O5S. The third-order valence-electron chi connectivity index (χ3n) is 4.03. The molecule has 0 atom stereocenters. The highest BCUT2D eigenvalue weighted by Crippen LogP contribution is 2.38. The van der Waals surface area contributed by atoms with Crippen LogP contribution in [0.15, 0.2) is 45.6 Å². The number of amides is 1. The van der Waals surface area contributed by atoms with Gasteiger partial charge in [-0.2, -0.15) is 0 Å². The number of nitrogens with one attached hydrogen (secondary N) is 1. The number of carbonyl (C=O) groups is 1. The maximum Gasteiger partial charge on any atom is 0.420 e. The molecule has 0 spiro atoms. The lowest BCUT2D eigenvalue weighted by Gasteiger charge is -2.03. The summed E-state index contributed by atoms with van der Waals surface area (Å²) < 4.78 is 17.8. The normalized spacial score (nSPS) is 11.0. The SMILES string of the molecule is COc1ccc(OC)c2sc(NC(=O)Cn3c(=O)oc4ccccc43)nc12. The number of methoxy groups -OCH3 is 2. The Kier molecular flexibility index (Phi) is 4.28. The Bertz CT molecular complexity index is 1170. The highest BCUT2D eigenvalue weighted by molar-refractivity contribution is 7.22. The Morgan fingerprint density at radius 1 is 1.19 bits per heavy atom. The molecule has 0 aliphatic rings. The third-order valence-corrected chi connectivity index (χ3v) is 5.02. The number of oxazole rings is 1. The zero-order chi connectivity index (χ0) is 19.0. The fourth-order valence-electron chi connectivity index (χ4n) is 2.81. The van der Waals surface area contributed by atoms with Crippen LogP contribution in [-0.4, -0.2) is 29.7 Å². The fraction of sp³-hybridized carbons (Fsp3) is 0.167. The maximum atomic E-state index is 12.5. The lowest BCUT2D eigenvalue weighted by Crippen LogP contribution is -2.24. The minimum Gasteiger partial charge on any atom is -0.495 e. The van der Waals surface area contributed by atoms with Gasteiger partial charge >= 0.3 is 5.76 Å². The van der Waals surface area contributed by atoms with E-state index in [-0.39, 0.29) is 12.5 Å². The molecule has 0 fully saturated rings. The van der Waals surface area contributed by atoms with Crippen LogP contribution >= 0.6 is 11.3 Å². The second-order valence-electron chi connectivity index (χ2n) is 5.64. The van der Waals surface area contributed by atoms with Gasteiger partial charge in [-0.3, -0.25) is 9.36 Å². The molecule has 2 heterocycles. The first-order valence-corrected chi connectivity index (χ1v) is 8.82. The van der Waals surface area contributed by atoms with E-state index in [4.69, 9.17) is 13.9 Å². The van der Waals surface area contributed by atoms with Gasteiger partial charge in [0, 0.05) is 0 Å². The molecule has 0 unspecified atom stereocenters. The molecule has 0 aliphatic carbocycles. The van der Waals surface area contributed by atoms with Gasteiger partial charge in [-0.1, -0.05) is 23.5 Å². The number of thiazole rings is 1. The number of aromatic nitrogens is 2. The minimum absolute atomic E-state index is 0.181. The molecule has 138 valence electrons. The summed E-state index contributed by atoms with van der Waals surface area (Å²) in [6, 6.07) is 10.5. The Morgan fingerprint density at radius 2 is 1.93 bits per heavy atom. The van der Waals surface area contributed by atoms with Gasteiger partial charge in [-0.25, -0.2) is 9.78 Å². The standard InChI is InChI=1S/C18H15N3O5S/c1-24-12-7-8-13(25-2)16-15(12)20-17(27-16)19-14(22)9-21-10-5-3-4-6-11(10)26-18(21)23/h3-8H,9H2,1-2H3,(H,19,20,22). The van der Waals surface area contributed by atoms with Crippen molar-refractivity contribution in [3.63, 3.8) is 0 Å². The van der Waals surface area contributed by atoms with Gasteiger partial charge in [-0.05, 0) is 24.3 Å². The molecule has 1 N–H and O–H groups in total. The second-order valence-corrected chi connectivity index (χ2v) is 6.64. The van der Waals surface area contributed by atoms with Crippen LogP contribution in [0.4, 0.5) is 5.13 Å². The first kappa shape index (κ1) is 17.1. The zero-order valence-corrected chi connectivity index (χ0v) is 15.3. The van der Waals surface area contributed by atoms with Crippen LogP contribution in [0.2, 0.25) is 0 Å². The molecule has 0 aliphatic heterocycles. The predicted molar refractivity (Wildman–Crippen MR) is 102 cm³/mol. The van der Waals surface area contributed by atoms with Crippen LogP contribution in [0, 0.1) is 0 Å². The van der Waals surface area contributed by atoms with E-state index in [1.54, 1.807) is 50.6 Å². The van der Waals surface area contributed by atoms with Gasteiger partial charge in [-0.15, -0.1) is 0 Å². The van der Waals surface area contributed by atoms with Crippen LogP contribution in [0.1, 0.15) is 0 Å². The van der Waals surface area contributed by atoms with Gasteiger partial charge in [0.25, 0.3) is 0 Å². The van der Waals surface area contributed by atoms with Crippen molar-refractivity contribution in [2.45, 2.75) is 6.54 Å². The molecule has 8 nitrogen and oxygen atoms in total. The number of para-hydroxylation sites is 2. The summed E-state index contributed by atoms with van der Waals surface area (Å²) in [6.07, 6.45) is 0. The van der Waals surface area contributed by atoms with Gasteiger partial charge in [0.05, 0.1) is 19.7 Å². The Hall–Kier alpha value is -3.33. The molecule has 4 aromatic rings. The largest absolute Gasteiger partial charge is 0.495 e. The highest BCUT2D eigenvalue weighted by atomic mass is 32.1. The van der Waals surface area contributed by atoms with Crippen molar-refractivity contribution in [2.75, 3.05) is 19.5 Å². The molecule has 0 saturated carbocycles. The number of anilines is 1. The van der Waals surface area contributed by atoms with Crippen LogP contribution < -0.4 is 20.5 Å². The van der Waals surface area contributed by atoms with E-state index in [0.717, 1.165) is 4.70 Å². The average Bonchev–Trinajstić information content (AvgIpc) is 3.22. The van der Waals surface area contributed by atoms with Crippen molar-refractivity contribution in [2.24, 2.45) is 0 Å². The van der Waals surface area contributed by atoms with E-state index in [1.807, 2.05) is 0 Å². The molecule has 9 heteroatoms. The zero-order valence-electron chi connectivity index (χ0n) is 14.5. The van der Waals surface area contributed by atoms with E-state index < -0.39 is 5.76 Å². The van der Waals surface area contributed by atoms with Gasteiger partial charge in [0.2, 0.25) is 5.91 Å². The minimum atomic E-state index is -0.584. The van der Waals surface area contributed by atoms with Crippen molar-refractivity contribution in [3.05, 3.63) is 46.9 Å². The quantitative estimate of drug-likeness (QED) is 0.568. The van der Waals surface area contributed by atoms with E-state index in [1.165, 1.54) is 15.9 Å². The number of ether oxygens (including phenoxy) is 2. The number of benzene rings is 2. The third kappa shape index (κ3) is 3.02. The van der Waals surface area contributed by atoms with Crippen LogP contribution in [0.25, 0.3) is 21.3 Å². The van der Waals surface area contributed by atoms with Crippen molar-refractivity contribution in [1.82, 2.24) is 9.55 Å². The molecule has 0 saturated heterocycles. The summed E-state index contributed by atoms with van der Waals surface area (Å²) in [7, 11) is 3.12. The van der Waals surface area contributed by atoms with E-state index in [2.05, 4.69) is 10.3 Å². The Balaban J connectivity index is 1.63. The predicted octanol–water partition coefficient (Wildman–Crippen LogP) is 2.86. The first-order valence-electron chi connectivity index (χ1n) is 8.00.